The van der Waals surface area contributed by atoms with E-state index in [0.717, 1.165) is 76.1 Å². The topological polar surface area (TPSA) is 74.9 Å². The second kappa shape index (κ2) is 11.9. The Morgan fingerprint density at radius 3 is 2.69 bits per heavy atom. The molecule has 148 valence electrons. The molecule has 2 rings (SSSR count). The van der Waals surface area contributed by atoms with E-state index < -0.39 is 0 Å². The van der Waals surface area contributed by atoms with E-state index in [1.807, 2.05) is 0 Å². The number of aromatic nitrogens is 1. The summed E-state index contributed by atoms with van der Waals surface area (Å²) in [6.07, 6.45) is 4.48. The summed E-state index contributed by atoms with van der Waals surface area (Å²) in [5.74, 6) is 2.13. The van der Waals surface area contributed by atoms with Gasteiger partial charge in [-0.3, -0.25) is 9.89 Å². The number of unbranched alkanes of at least 4 members (excludes halogenated alkanes) is 1. The van der Waals surface area contributed by atoms with Gasteiger partial charge in [0.15, 0.2) is 11.7 Å². The number of nitrogens with zero attached hydrogens (tertiary/aromatic N) is 3. The molecule has 1 aromatic heterocycles. The van der Waals surface area contributed by atoms with Gasteiger partial charge in [0.2, 0.25) is 0 Å². The first-order chi connectivity index (χ1) is 12.8. The second-order valence-corrected chi connectivity index (χ2v) is 6.75. The first-order valence-electron chi connectivity index (χ1n) is 9.96. The van der Waals surface area contributed by atoms with Gasteiger partial charge in [0.05, 0.1) is 25.5 Å². The Morgan fingerprint density at radius 2 is 2.00 bits per heavy atom. The third kappa shape index (κ3) is 6.96. The highest BCUT2D eigenvalue weighted by Crippen LogP contribution is 2.22. The fourth-order valence-electron chi connectivity index (χ4n) is 3.20. The Kier molecular flexibility index (Phi) is 9.48. The number of guanidine groups is 1. The van der Waals surface area contributed by atoms with E-state index in [1.54, 1.807) is 7.05 Å². The summed E-state index contributed by atoms with van der Waals surface area (Å²) in [7, 11) is 1.79. The summed E-state index contributed by atoms with van der Waals surface area (Å²) in [5.41, 5.74) is 1.05. The van der Waals surface area contributed by atoms with Gasteiger partial charge >= 0.3 is 0 Å². The first-order valence-corrected chi connectivity index (χ1v) is 9.96. The van der Waals surface area contributed by atoms with Crippen molar-refractivity contribution in [3.05, 3.63) is 17.5 Å². The molecule has 0 bridgehead atoms. The van der Waals surface area contributed by atoms with Crippen LogP contribution < -0.4 is 10.6 Å². The zero-order valence-corrected chi connectivity index (χ0v) is 16.6. The molecule has 0 atom stereocenters. The maximum Gasteiger partial charge on any atom is 0.191 e. The standard InChI is InChI=1S/C19H35N5O2/c1-4-16(5-2)18-14-17(26-23-18)15-22-19(20-3)21-8-6-7-9-24-10-12-25-13-11-24/h14,16H,4-13,15H2,1-3H3,(H2,20,21,22). The first kappa shape index (κ1) is 20.7. The normalized spacial score (nSPS) is 16.2. The van der Waals surface area contributed by atoms with Gasteiger partial charge in [-0.2, -0.15) is 0 Å². The van der Waals surface area contributed by atoms with Gasteiger partial charge in [0, 0.05) is 38.7 Å². The SMILES string of the molecule is CCC(CC)c1cc(CNC(=NC)NCCCCN2CCOCC2)on1. The van der Waals surface area contributed by atoms with Crippen molar-refractivity contribution in [2.45, 2.75) is 52.0 Å². The van der Waals surface area contributed by atoms with E-state index >= 15 is 0 Å². The molecule has 0 aliphatic carbocycles. The number of nitrogens with one attached hydrogen (secondary N) is 2. The van der Waals surface area contributed by atoms with Crippen molar-refractivity contribution >= 4 is 5.96 Å². The molecule has 1 aromatic rings. The molecular formula is C19H35N5O2. The lowest BCUT2D eigenvalue weighted by molar-refractivity contribution is 0.0372. The molecule has 2 N–H and O–H groups in total. The molecule has 2 heterocycles. The summed E-state index contributed by atoms with van der Waals surface area (Å²) >= 11 is 0. The van der Waals surface area contributed by atoms with Gasteiger partial charge in [-0.25, -0.2) is 0 Å². The largest absolute Gasteiger partial charge is 0.379 e. The van der Waals surface area contributed by atoms with Crippen LogP contribution in [0.5, 0.6) is 0 Å². The van der Waals surface area contributed by atoms with Gasteiger partial charge in [-0.1, -0.05) is 19.0 Å². The molecule has 7 heteroatoms. The van der Waals surface area contributed by atoms with Crippen LogP contribution in [-0.4, -0.2) is 62.5 Å². The molecule has 1 fully saturated rings. The van der Waals surface area contributed by atoms with Crippen molar-refractivity contribution in [2.24, 2.45) is 4.99 Å². The predicted octanol–water partition coefficient (Wildman–Crippen LogP) is 2.36. The van der Waals surface area contributed by atoms with E-state index in [9.17, 15) is 0 Å². The minimum Gasteiger partial charge on any atom is -0.379 e. The Morgan fingerprint density at radius 1 is 1.23 bits per heavy atom. The van der Waals surface area contributed by atoms with Crippen LogP contribution in [0.25, 0.3) is 0 Å². The van der Waals surface area contributed by atoms with Crippen LogP contribution in [0.4, 0.5) is 0 Å². The van der Waals surface area contributed by atoms with Gasteiger partial charge < -0.3 is 19.9 Å². The van der Waals surface area contributed by atoms with E-state index in [0.29, 0.717) is 12.5 Å². The quantitative estimate of drug-likeness (QED) is 0.377. The summed E-state index contributed by atoms with van der Waals surface area (Å²) < 4.78 is 10.8. The van der Waals surface area contributed by atoms with Gasteiger partial charge in [-0.05, 0) is 32.2 Å². The number of hydrogen-bond donors (Lipinski definition) is 2. The van der Waals surface area contributed by atoms with Crippen LogP contribution in [0.1, 0.15) is 56.9 Å². The summed E-state index contributed by atoms with van der Waals surface area (Å²) in [5, 5.41) is 10.9. The molecule has 1 aliphatic rings. The molecule has 0 saturated carbocycles. The Hall–Kier alpha value is -1.60. The zero-order chi connectivity index (χ0) is 18.6. The van der Waals surface area contributed by atoms with Crippen molar-refractivity contribution < 1.29 is 9.26 Å². The Labute approximate surface area is 157 Å². The van der Waals surface area contributed by atoms with Crippen molar-refractivity contribution in [3.63, 3.8) is 0 Å². The highest BCUT2D eigenvalue weighted by atomic mass is 16.5. The molecule has 0 unspecified atom stereocenters. The van der Waals surface area contributed by atoms with Crippen LogP contribution >= 0.6 is 0 Å². The minimum absolute atomic E-state index is 0.483. The van der Waals surface area contributed by atoms with Crippen LogP contribution in [0, 0.1) is 0 Å². The maximum atomic E-state index is 5.44. The van der Waals surface area contributed by atoms with Crippen molar-refractivity contribution in [2.75, 3.05) is 46.4 Å². The van der Waals surface area contributed by atoms with E-state index in [4.69, 9.17) is 9.26 Å². The lowest BCUT2D eigenvalue weighted by Crippen LogP contribution is -2.38. The van der Waals surface area contributed by atoms with Gasteiger partial charge in [-0.15, -0.1) is 0 Å². The third-order valence-electron chi connectivity index (χ3n) is 4.93. The maximum absolute atomic E-state index is 5.44. The number of rotatable bonds is 10. The van der Waals surface area contributed by atoms with Crippen LogP contribution in [0.3, 0.4) is 0 Å². The summed E-state index contributed by atoms with van der Waals surface area (Å²) in [6.45, 7) is 10.9. The third-order valence-corrected chi connectivity index (χ3v) is 4.93. The molecule has 26 heavy (non-hydrogen) atoms. The van der Waals surface area contributed by atoms with E-state index in [1.165, 1.54) is 6.42 Å². The van der Waals surface area contributed by atoms with Crippen LogP contribution in [0.15, 0.2) is 15.6 Å². The number of morpholine rings is 1. The average Bonchev–Trinajstić information content (AvgIpc) is 3.14. The summed E-state index contributed by atoms with van der Waals surface area (Å²) in [6, 6.07) is 2.06. The van der Waals surface area contributed by atoms with Crippen LogP contribution in [0.2, 0.25) is 0 Å². The molecule has 0 aromatic carbocycles. The minimum atomic E-state index is 0.483. The lowest BCUT2D eigenvalue weighted by atomic mass is 9.99. The van der Waals surface area contributed by atoms with Crippen molar-refractivity contribution in [1.82, 2.24) is 20.7 Å². The van der Waals surface area contributed by atoms with E-state index in [2.05, 4.69) is 45.6 Å². The van der Waals surface area contributed by atoms with E-state index in [-0.39, 0.29) is 0 Å². The van der Waals surface area contributed by atoms with Crippen LogP contribution in [-0.2, 0) is 11.3 Å². The molecule has 1 saturated heterocycles. The molecular weight excluding hydrogens is 330 g/mol. The lowest BCUT2D eigenvalue weighted by Gasteiger charge is -2.26. The van der Waals surface area contributed by atoms with Crippen molar-refractivity contribution in [3.8, 4) is 0 Å². The zero-order valence-electron chi connectivity index (χ0n) is 16.6. The highest BCUT2D eigenvalue weighted by Gasteiger charge is 2.13. The fourth-order valence-corrected chi connectivity index (χ4v) is 3.20. The average molecular weight is 366 g/mol. The number of aliphatic imine (C=N–C) groups is 1. The van der Waals surface area contributed by atoms with Gasteiger partial charge in [0.25, 0.3) is 0 Å². The monoisotopic (exact) mass is 365 g/mol. The number of hydrogen-bond acceptors (Lipinski definition) is 5. The molecule has 0 radical (unpaired) electrons. The Balaban J connectivity index is 1.61. The van der Waals surface area contributed by atoms with Gasteiger partial charge in [0.1, 0.15) is 0 Å². The molecule has 7 nitrogen and oxygen atoms in total. The molecule has 0 amide bonds. The second-order valence-electron chi connectivity index (χ2n) is 6.75. The molecule has 1 aliphatic heterocycles. The smallest absolute Gasteiger partial charge is 0.191 e. The predicted molar refractivity (Wildman–Crippen MR) is 105 cm³/mol. The van der Waals surface area contributed by atoms with Crippen molar-refractivity contribution in [1.29, 1.82) is 0 Å². The fraction of sp³-hybridized carbons (Fsp3) is 0.789. The number of ether oxygens (including phenoxy) is 1. The summed E-state index contributed by atoms with van der Waals surface area (Å²) in [4.78, 5) is 6.74. The highest BCUT2D eigenvalue weighted by molar-refractivity contribution is 5.79. The molecule has 0 spiro atoms. The Bertz CT molecular complexity index is 522.